The summed E-state index contributed by atoms with van der Waals surface area (Å²) in [5.41, 5.74) is 7.75. The molecule has 3 rings (SSSR count). The maximum Gasteiger partial charge on any atom is 0.248 e. The molecule has 21 heavy (non-hydrogen) atoms. The van der Waals surface area contributed by atoms with Gasteiger partial charge in [-0.3, -0.25) is 4.79 Å². The molecule has 0 radical (unpaired) electrons. The maximum atomic E-state index is 11.1. The van der Waals surface area contributed by atoms with Gasteiger partial charge < -0.3 is 15.0 Å². The van der Waals surface area contributed by atoms with Gasteiger partial charge in [-0.15, -0.1) is 11.3 Å². The zero-order valence-corrected chi connectivity index (χ0v) is 12.6. The summed E-state index contributed by atoms with van der Waals surface area (Å²) in [4.78, 5) is 16.7. The molecule has 0 saturated carbocycles. The first-order chi connectivity index (χ1) is 10.1. The molecule has 6 heteroatoms. The number of nitrogens with zero attached hydrogens (tertiary/aromatic N) is 2. The molecule has 1 aliphatic heterocycles. The Hall–Kier alpha value is -1.92. The van der Waals surface area contributed by atoms with Crippen molar-refractivity contribution in [1.82, 2.24) is 4.57 Å². The van der Waals surface area contributed by atoms with Crippen LogP contribution < -0.4 is 10.5 Å². The number of ether oxygens (including phenoxy) is 1. The second-order valence-corrected chi connectivity index (χ2v) is 5.91. The van der Waals surface area contributed by atoms with E-state index in [0.29, 0.717) is 11.6 Å². The molecule has 0 aliphatic carbocycles. The number of thiazole rings is 1. The van der Waals surface area contributed by atoms with Crippen molar-refractivity contribution in [2.24, 2.45) is 10.7 Å². The van der Waals surface area contributed by atoms with Crippen LogP contribution in [0.4, 0.5) is 5.69 Å². The van der Waals surface area contributed by atoms with E-state index in [2.05, 4.69) is 21.9 Å². The average molecular weight is 303 g/mol. The molecule has 1 aliphatic rings. The number of hydrogen-bond acceptors (Lipinski definition) is 4. The number of carbonyl (C=O) groups excluding carboxylic acids is 1. The predicted molar refractivity (Wildman–Crippen MR) is 81.7 cm³/mol. The van der Waals surface area contributed by atoms with Gasteiger partial charge in [0.25, 0.3) is 0 Å². The standard InChI is InChI=1S/C15H17N3O2S/c1-10-9-21-15(18(10)13-6-7-20-8-13)17-12-4-2-11(3-5-12)14(16)19/h2-5,9,13H,6-8H2,1H3,(H2,16,19)/t13-/m0/s1. The third-order valence-electron chi connectivity index (χ3n) is 3.57. The topological polar surface area (TPSA) is 69.6 Å². The Morgan fingerprint density at radius 1 is 1.43 bits per heavy atom. The number of rotatable bonds is 3. The average Bonchev–Trinajstić information content (AvgIpc) is 3.09. The molecular weight excluding hydrogens is 286 g/mol. The van der Waals surface area contributed by atoms with Crippen molar-refractivity contribution in [3.8, 4) is 0 Å². The molecule has 2 N–H and O–H groups in total. The lowest BCUT2D eigenvalue weighted by Gasteiger charge is -2.12. The molecule has 1 saturated heterocycles. The van der Waals surface area contributed by atoms with Gasteiger partial charge in [-0.05, 0) is 37.6 Å². The first-order valence-corrected chi connectivity index (χ1v) is 7.72. The number of benzene rings is 1. The van der Waals surface area contributed by atoms with Crippen LogP contribution in [0.25, 0.3) is 0 Å². The number of carbonyl (C=O) groups is 1. The fraction of sp³-hybridized carbons (Fsp3) is 0.333. The van der Waals surface area contributed by atoms with Crippen LogP contribution in [0.2, 0.25) is 0 Å². The summed E-state index contributed by atoms with van der Waals surface area (Å²) >= 11 is 1.62. The highest BCUT2D eigenvalue weighted by molar-refractivity contribution is 7.07. The third-order valence-corrected chi connectivity index (χ3v) is 4.53. The van der Waals surface area contributed by atoms with E-state index in [1.165, 1.54) is 5.69 Å². The molecule has 1 aromatic heterocycles. The van der Waals surface area contributed by atoms with E-state index < -0.39 is 5.91 Å². The second kappa shape index (κ2) is 5.83. The fourth-order valence-electron chi connectivity index (χ4n) is 2.46. The Morgan fingerprint density at radius 3 is 2.81 bits per heavy atom. The number of hydrogen-bond donors (Lipinski definition) is 1. The van der Waals surface area contributed by atoms with Crippen LogP contribution in [0.5, 0.6) is 0 Å². The van der Waals surface area contributed by atoms with Crippen molar-refractivity contribution in [3.63, 3.8) is 0 Å². The largest absolute Gasteiger partial charge is 0.379 e. The first kappa shape index (κ1) is 14.0. The summed E-state index contributed by atoms with van der Waals surface area (Å²) in [6, 6.07) is 7.38. The number of primary amides is 1. The summed E-state index contributed by atoms with van der Waals surface area (Å²) in [5.74, 6) is -0.424. The summed E-state index contributed by atoms with van der Waals surface area (Å²) in [5, 5.41) is 2.11. The highest BCUT2D eigenvalue weighted by Crippen LogP contribution is 2.20. The lowest BCUT2D eigenvalue weighted by atomic mass is 10.2. The predicted octanol–water partition coefficient (Wildman–Crippen LogP) is 2.15. The fourth-order valence-corrected chi connectivity index (χ4v) is 3.42. The summed E-state index contributed by atoms with van der Waals surface area (Å²) < 4.78 is 7.71. The minimum Gasteiger partial charge on any atom is -0.379 e. The van der Waals surface area contributed by atoms with Crippen LogP contribution in [0.15, 0.2) is 34.6 Å². The number of nitrogens with two attached hydrogens (primary N) is 1. The van der Waals surface area contributed by atoms with Crippen molar-refractivity contribution in [1.29, 1.82) is 0 Å². The minimum atomic E-state index is -0.424. The second-order valence-electron chi connectivity index (χ2n) is 5.07. The van der Waals surface area contributed by atoms with E-state index >= 15 is 0 Å². The van der Waals surface area contributed by atoms with Gasteiger partial charge in [-0.2, -0.15) is 0 Å². The molecule has 1 aromatic carbocycles. The van der Waals surface area contributed by atoms with Crippen molar-refractivity contribution in [2.75, 3.05) is 13.2 Å². The summed E-state index contributed by atoms with van der Waals surface area (Å²) in [6.07, 6.45) is 1.02. The van der Waals surface area contributed by atoms with E-state index in [0.717, 1.165) is 30.1 Å². The van der Waals surface area contributed by atoms with Crippen LogP contribution >= 0.6 is 11.3 Å². The zero-order valence-electron chi connectivity index (χ0n) is 11.8. The molecule has 0 spiro atoms. The van der Waals surface area contributed by atoms with Gasteiger partial charge in [0, 0.05) is 23.2 Å². The number of aromatic nitrogens is 1. The van der Waals surface area contributed by atoms with Crippen LogP contribution in [0.1, 0.15) is 28.5 Å². The van der Waals surface area contributed by atoms with Crippen molar-refractivity contribution >= 4 is 22.9 Å². The van der Waals surface area contributed by atoms with Crippen molar-refractivity contribution in [3.05, 3.63) is 45.7 Å². The molecule has 5 nitrogen and oxygen atoms in total. The Bertz CT molecular complexity index is 709. The highest BCUT2D eigenvalue weighted by atomic mass is 32.1. The molecule has 110 valence electrons. The molecule has 2 aromatic rings. The minimum absolute atomic E-state index is 0.361. The molecule has 0 unspecified atom stereocenters. The third kappa shape index (κ3) is 2.91. The quantitative estimate of drug-likeness (QED) is 0.944. The van der Waals surface area contributed by atoms with E-state index in [1.807, 2.05) is 12.1 Å². The smallest absolute Gasteiger partial charge is 0.248 e. The number of aryl methyl sites for hydroxylation is 1. The first-order valence-electron chi connectivity index (χ1n) is 6.84. The van der Waals surface area contributed by atoms with E-state index in [-0.39, 0.29) is 0 Å². The highest BCUT2D eigenvalue weighted by Gasteiger charge is 2.20. The van der Waals surface area contributed by atoms with Crippen LogP contribution in [0.3, 0.4) is 0 Å². The summed E-state index contributed by atoms with van der Waals surface area (Å²) in [7, 11) is 0. The van der Waals surface area contributed by atoms with Crippen LogP contribution in [-0.2, 0) is 4.74 Å². The Morgan fingerprint density at radius 2 is 2.19 bits per heavy atom. The molecule has 1 fully saturated rings. The monoisotopic (exact) mass is 303 g/mol. The lowest BCUT2D eigenvalue weighted by Crippen LogP contribution is -2.22. The Labute approximate surface area is 126 Å². The van der Waals surface area contributed by atoms with E-state index in [9.17, 15) is 4.79 Å². The zero-order chi connectivity index (χ0) is 14.8. The molecule has 1 atom stereocenters. The van der Waals surface area contributed by atoms with Crippen molar-refractivity contribution < 1.29 is 9.53 Å². The molecule has 2 heterocycles. The van der Waals surface area contributed by atoms with E-state index in [1.54, 1.807) is 23.5 Å². The number of amides is 1. The summed E-state index contributed by atoms with van der Waals surface area (Å²) in [6.45, 7) is 3.63. The van der Waals surface area contributed by atoms with Crippen LogP contribution in [-0.4, -0.2) is 23.7 Å². The Balaban J connectivity index is 1.97. The molecular formula is C15H17N3O2S. The van der Waals surface area contributed by atoms with Gasteiger partial charge >= 0.3 is 0 Å². The van der Waals surface area contributed by atoms with Crippen LogP contribution in [0, 0.1) is 6.92 Å². The van der Waals surface area contributed by atoms with E-state index in [4.69, 9.17) is 10.5 Å². The van der Waals surface area contributed by atoms with Gasteiger partial charge in [0.05, 0.1) is 18.3 Å². The SMILES string of the molecule is Cc1csc(=Nc2ccc(C(N)=O)cc2)n1[C@H]1CCOC1. The maximum absolute atomic E-state index is 11.1. The molecule has 0 bridgehead atoms. The molecule has 1 amide bonds. The van der Waals surface area contributed by atoms with Gasteiger partial charge in [-0.25, -0.2) is 4.99 Å². The van der Waals surface area contributed by atoms with Gasteiger partial charge in [0.15, 0.2) is 4.80 Å². The van der Waals surface area contributed by atoms with Gasteiger partial charge in [0.1, 0.15) is 0 Å². The van der Waals surface area contributed by atoms with Gasteiger partial charge in [0.2, 0.25) is 5.91 Å². The van der Waals surface area contributed by atoms with Gasteiger partial charge in [-0.1, -0.05) is 0 Å². The van der Waals surface area contributed by atoms with Crippen molar-refractivity contribution in [2.45, 2.75) is 19.4 Å². The normalized spacial score (nSPS) is 19.1. The Kier molecular flexibility index (Phi) is 3.90. The lowest BCUT2D eigenvalue weighted by molar-refractivity contribution is 0.100.